The third-order valence-electron chi connectivity index (χ3n) is 5.04. The molecule has 1 atom stereocenters. The summed E-state index contributed by atoms with van der Waals surface area (Å²) >= 11 is 0. The van der Waals surface area contributed by atoms with Crippen LogP contribution < -0.4 is 15.8 Å². The number of piperidine rings is 1. The summed E-state index contributed by atoms with van der Waals surface area (Å²) < 4.78 is 0. The lowest BCUT2D eigenvalue weighted by Gasteiger charge is -2.38. The Morgan fingerprint density at radius 3 is 3.00 bits per heavy atom. The van der Waals surface area contributed by atoms with Crippen LogP contribution in [0.25, 0.3) is 11.1 Å². The van der Waals surface area contributed by atoms with E-state index in [1.807, 2.05) is 37.2 Å². The number of nitrogens with zero attached hydrogens (tertiary/aromatic N) is 3. The number of anilines is 2. The standard InChI is InChI=1S/C20H25N5O2/c1-4-19(26)25-9-5-6-16(13-25)24(3)17-10-15(12-23-20(17)27)14-7-8-22-18(11-14)21-2/h4,7-8,10-12,16H,1,5-6,9,13H2,2-3H3,(H,21,22)(H,23,27)/t16-/m0/s1. The number of rotatable bonds is 5. The van der Waals surface area contributed by atoms with Crippen molar-refractivity contribution >= 4 is 17.4 Å². The van der Waals surface area contributed by atoms with Crippen LogP contribution in [-0.2, 0) is 4.79 Å². The second kappa shape index (κ2) is 8.07. The van der Waals surface area contributed by atoms with Crippen LogP contribution in [0.3, 0.4) is 0 Å². The van der Waals surface area contributed by atoms with Gasteiger partial charge in [0.2, 0.25) is 5.91 Å². The van der Waals surface area contributed by atoms with Gasteiger partial charge in [-0.15, -0.1) is 0 Å². The molecule has 2 aromatic heterocycles. The van der Waals surface area contributed by atoms with Crippen molar-refractivity contribution in [3.63, 3.8) is 0 Å². The zero-order valence-electron chi connectivity index (χ0n) is 15.7. The van der Waals surface area contributed by atoms with E-state index in [1.165, 1.54) is 6.08 Å². The lowest BCUT2D eigenvalue weighted by molar-refractivity contribution is -0.127. The molecule has 7 heteroatoms. The highest BCUT2D eigenvalue weighted by Crippen LogP contribution is 2.25. The number of aromatic amines is 1. The molecule has 27 heavy (non-hydrogen) atoms. The van der Waals surface area contributed by atoms with Crippen LogP contribution in [0.15, 0.2) is 48.0 Å². The van der Waals surface area contributed by atoms with E-state index in [1.54, 1.807) is 17.3 Å². The van der Waals surface area contributed by atoms with Crippen molar-refractivity contribution in [2.75, 3.05) is 37.4 Å². The highest BCUT2D eigenvalue weighted by atomic mass is 16.2. The minimum atomic E-state index is -0.142. The van der Waals surface area contributed by atoms with Crippen molar-refractivity contribution in [2.24, 2.45) is 0 Å². The predicted molar refractivity (Wildman–Crippen MR) is 108 cm³/mol. The summed E-state index contributed by atoms with van der Waals surface area (Å²) in [6.45, 7) is 4.89. The average Bonchev–Trinajstić information content (AvgIpc) is 2.73. The van der Waals surface area contributed by atoms with Crippen LogP contribution in [0, 0.1) is 0 Å². The molecule has 7 nitrogen and oxygen atoms in total. The predicted octanol–water partition coefficient (Wildman–Crippen LogP) is 2.09. The average molecular weight is 367 g/mol. The van der Waals surface area contributed by atoms with Crippen LogP contribution in [-0.4, -0.2) is 54.0 Å². The molecule has 1 aliphatic rings. The summed E-state index contributed by atoms with van der Waals surface area (Å²) in [5.41, 5.74) is 2.32. The summed E-state index contributed by atoms with van der Waals surface area (Å²) in [6, 6.07) is 5.82. The van der Waals surface area contributed by atoms with Gasteiger partial charge in [0, 0.05) is 51.2 Å². The van der Waals surface area contributed by atoms with Gasteiger partial charge in [0.25, 0.3) is 5.56 Å². The van der Waals surface area contributed by atoms with Crippen molar-refractivity contribution in [3.8, 4) is 11.1 Å². The van der Waals surface area contributed by atoms with E-state index >= 15 is 0 Å². The van der Waals surface area contributed by atoms with Gasteiger partial charge in [0.05, 0.1) is 0 Å². The number of H-pyrrole nitrogens is 1. The largest absolute Gasteiger partial charge is 0.373 e. The number of hydrogen-bond acceptors (Lipinski definition) is 5. The number of hydrogen-bond donors (Lipinski definition) is 2. The van der Waals surface area contributed by atoms with E-state index in [0.717, 1.165) is 36.3 Å². The van der Waals surface area contributed by atoms with E-state index in [-0.39, 0.29) is 17.5 Å². The fraction of sp³-hybridized carbons (Fsp3) is 0.350. The highest BCUT2D eigenvalue weighted by molar-refractivity contribution is 5.87. The Hall–Kier alpha value is -3.09. The molecule has 3 heterocycles. The zero-order chi connectivity index (χ0) is 19.4. The summed E-state index contributed by atoms with van der Waals surface area (Å²) in [4.78, 5) is 35.2. The molecule has 0 spiro atoms. The molecule has 3 rings (SSSR count). The van der Waals surface area contributed by atoms with Gasteiger partial charge in [-0.05, 0) is 42.7 Å². The number of likely N-dealkylation sites (tertiary alicyclic amines) is 1. The summed E-state index contributed by atoms with van der Waals surface area (Å²) in [7, 11) is 3.73. The van der Waals surface area contributed by atoms with Gasteiger partial charge >= 0.3 is 0 Å². The minimum Gasteiger partial charge on any atom is -0.373 e. The lowest BCUT2D eigenvalue weighted by Crippen LogP contribution is -2.49. The van der Waals surface area contributed by atoms with Gasteiger partial charge in [-0.2, -0.15) is 0 Å². The fourth-order valence-electron chi connectivity index (χ4n) is 3.44. The fourth-order valence-corrected chi connectivity index (χ4v) is 3.44. The number of pyridine rings is 2. The molecule has 1 saturated heterocycles. The first-order valence-corrected chi connectivity index (χ1v) is 9.04. The van der Waals surface area contributed by atoms with E-state index in [0.29, 0.717) is 12.2 Å². The zero-order valence-corrected chi connectivity index (χ0v) is 15.7. The number of carbonyl (C=O) groups excluding carboxylic acids is 1. The van der Waals surface area contributed by atoms with Crippen molar-refractivity contribution in [3.05, 3.63) is 53.6 Å². The highest BCUT2D eigenvalue weighted by Gasteiger charge is 2.26. The molecule has 0 aliphatic carbocycles. The van der Waals surface area contributed by atoms with Crippen LogP contribution in [0.4, 0.5) is 11.5 Å². The first kappa shape index (κ1) is 18.7. The molecule has 0 radical (unpaired) electrons. The summed E-state index contributed by atoms with van der Waals surface area (Å²) in [5, 5.41) is 3.02. The number of carbonyl (C=O) groups is 1. The van der Waals surface area contributed by atoms with E-state index in [2.05, 4.69) is 21.9 Å². The maximum absolute atomic E-state index is 12.5. The minimum absolute atomic E-state index is 0.0628. The van der Waals surface area contributed by atoms with E-state index in [4.69, 9.17) is 0 Å². The maximum Gasteiger partial charge on any atom is 0.271 e. The third kappa shape index (κ3) is 4.02. The molecular weight excluding hydrogens is 342 g/mol. The van der Waals surface area contributed by atoms with Crippen molar-refractivity contribution in [1.82, 2.24) is 14.9 Å². The molecular formula is C20H25N5O2. The smallest absolute Gasteiger partial charge is 0.271 e. The number of aromatic nitrogens is 2. The second-order valence-corrected chi connectivity index (χ2v) is 6.68. The molecule has 0 saturated carbocycles. The van der Waals surface area contributed by atoms with Crippen molar-refractivity contribution < 1.29 is 4.79 Å². The Labute approximate surface area is 158 Å². The van der Waals surface area contributed by atoms with Crippen LogP contribution >= 0.6 is 0 Å². The van der Waals surface area contributed by atoms with E-state index in [9.17, 15) is 9.59 Å². The van der Waals surface area contributed by atoms with Gasteiger partial charge in [-0.25, -0.2) is 4.98 Å². The molecule has 1 amide bonds. The molecule has 0 unspecified atom stereocenters. The number of likely N-dealkylation sites (N-methyl/N-ethyl adjacent to an activating group) is 1. The monoisotopic (exact) mass is 367 g/mol. The van der Waals surface area contributed by atoms with E-state index < -0.39 is 0 Å². The quantitative estimate of drug-likeness (QED) is 0.791. The summed E-state index contributed by atoms with van der Waals surface area (Å²) in [5.74, 6) is 0.701. The Morgan fingerprint density at radius 2 is 2.26 bits per heavy atom. The second-order valence-electron chi connectivity index (χ2n) is 6.68. The van der Waals surface area contributed by atoms with Crippen molar-refractivity contribution in [1.29, 1.82) is 0 Å². The molecule has 1 fully saturated rings. The first-order valence-electron chi connectivity index (χ1n) is 9.04. The van der Waals surface area contributed by atoms with Gasteiger partial charge in [-0.1, -0.05) is 6.58 Å². The van der Waals surface area contributed by atoms with Crippen LogP contribution in [0.2, 0.25) is 0 Å². The maximum atomic E-state index is 12.5. The van der Waals surface area contributed by atoms with Crippen molar-refractivity contribution in [2.45, 2.75) is 18.9 Å². The number of amides is 1. The molecule has 2 aromatic rings. The third-order valence-corrected chi connectivity index (χ3v) is 5.04. The van der Waals surface area contributed by atoms with Gasteiger partial charge in [-0.3, -0.25) is 9.59 Å². The molecule has 142 valence electrons. The van der Waals surface area contributed by atoms with Gasteiger partial charge in [0.15, 0.2) is 0 Å². The number of nitrogens with one attached hydrogen (secondary N) is 2. The summed E-state index contributed by atoms with van der Waals surface area (Å²) in [6.07, 6.45) is 6.62. The SMILES string of the molecule is C=CC(=O)N1CCC[C@H](N(C)c2cc(-c3ccnc(NC)c3)c[nH]c2=O)C1. The normalized spacial score (nSPS) is 16.7. The van der Waals surface area contributed by atoms with Gasteiger partial charge < -0.3 is 20.1 Å². The topological polar surface area (TPSA) is 81.3 Å². The Bertz CT molecular complexity index is 892. The molecule has 2 N–H and O–H groups in total. The van der Waals surface area contributed by atoms with Crippen LogP contribution in [0.1, 0.15) is 12.8 Å². The molecule has 0 aromatic carbocycles. The first-order chi connectivity index (χ1) is 13.0. The Morgan fingerprint density at radius 1 is 1.44 bits per heavy atom. The Kier molecular flexibility index (Phi) is 5.59. The molecule has 1 aliphatic heterocycles. The Balaban J connectivity index is 1.88. The molecule has 0 bridgehead atoms. The van der Waals surface area contributed by atoms with Gasteiger partial charge in [0.1, 0.15) is 11.5 Å². The van der Waals surface area contributed by atoms with Crippen LogP contribution in [0.5, 0.6) is 0 Å². The lowest BCUT2D eigenvalue weighted by atomic mass is 10.0.